The molecule has 0 spiro atoms. The fourth-order valence-electron chi connectivity index (χ4n) is 1.66. The van der Waals surface area contributed by atoms with Gasteiger partial charge in [0.1, 0.15) is 0 Å². The van der Waals surface area contributed by atoms with Gasteiger partial charge in [-0.15, -0.1) is 0 Å². The lowest BCUT2D eigenvalue weighted by Crippen LogP contribution is -2.23. The summed E-state index contributed by atoms with van der Waals surface area (Å²) in [6.07, 6.45) is 1.30. The molecule has 0 radical (unpaired) electrons. The Balaban J connectivity index is 2.48. The monoisotopic (exact) mass is 235 g/mol. The first-order chi connectivity index (χ1) is 8.24. The number of rotatable bonds is 8. The Morgan fingerprint density at radius 3 is 2.47 bits per heavy atom. The quantitative estimate of drug-likeness (QED) is 0.745. The number of benzene rings is 1. The maximum absolute atomic E-state index is 5.98. The molecule has 0 aliphatic heterocycles. The molecule has 0 aliphatic carbocycles. The molecule has 0 bridgehead atoms. The third-order valence-corrected chi connectivity index (χ3v) is 2.77. The Morgan fingerprint density at radius 1 is 1.18 bits per heavy atom. The van der Waals surface area contributed by atoms with Gasteiger partial charge in [-0.1, -0.05) is 51.1 Å². The summed E-state index contributed by atoms with van der Waals surface area (Å²) in [5.41, 5.74) is 1.26. The van der Waals surface area contributed by atoms with Gasteiger partial charge in [-0.2, -0.15) is 0 Å². The van der Waals surface area contributed by atoms with Crippen LogP contribution in [0.25, 0.3) is 0 Å². The van der Waals surface area contributed by atoms with Crippen LogP contribution in [-0.4, -0.2) is 19.7 Å². The van der Waals surface area contributed by atoms with Gasteiger partial charge in [0.25, 0.3) is 0 Å². The van der Waals surface area contributed by atoms with Crippen molar-refractivity contribution in [1.29, 1.82) is 0 Å². The smallest absolute Gasteiger partial charge is 0.0949 e. The standard InChI is InChI=1S/C15H25NO/c1-4-16-12-15(17-11-10-13(2)3)14-8-6-5-7-9-14/h5-9,13,15-16H,4,10-12H2,1-3H3. The molecule has 0 amide bonds. The van der Waals surface area contributed by atoms with E-state index in [9.17, 15) is 0 Å². The summed E-state index contributed by atoms with van der Waals surface area (Å²) in [7, 11) is 0. The summed E-state index contributed by atoms with van der Waals surface area (Å²) in [6, 6.07) is 10.5. The summed E-state index contributed by atoms with van der Waals surface area (Å²) in [5, 5.41) is 3.36. The van der Waals surface area contributed by atoms with Gasteiger partial charge >= 0.3 is 0 Å². The zero-order chi connectivity index (χ0) is 12.5. The molecular formula is C15H25NO. The van der Waals surface area contributed by atoms with Gasteiger partial charge in [0.2, 0.25) is 0 Å². The number of hydrogen-bond donors (Lipinski definition) is 1. The Hall–Kier alpha value is -0.860. The van der Waals surface area contributed by atoms with Crippen LogP contribution in [-0.2, 0) is 4.74 Å². The van der Waals surface area contributed by atoms with E-state index in [1.807, 2.05) is 6.07 Å². The van der Waals surface area contributed by atoms with Gasteiger partial charge in [-0.05, 0) is 24.4 Å². The molecular weight excluding hydrogens is 210 g/mol. The average molecular weight is 235 g/mol. The molecule has 1 aromatic rings. The van der Waals surface area contributed by atoms with Crippen molar-refractivity contribution in [2.75, 3.05) is 19.7 Å². The lowest BCUT2D eigenvalue weighted by Gasteiger charge is -2.19. The van der Waals surface area contributed by atoms with Gasteiger partial charge in [0.05, 0.1) is 6.10 Å². The van der Waals surface area contributed by atoms with Gasteiger partial charge in [0, 0.05) is 13.2 Å². The van der Waals surface area contributed by atoms with E-state index in [1.165, 1.54) is 5.56 Å². The van der Waals surface area contributed by atoms with Crippen molar-refractivity contribution in [3.63, 3.8) is 0 Å². The van der Waals surface area contributed by atoms with Crippen LogP contribution >= 0.6 is 0 Å². The minimum Gasteiger partial charge on any atom is -0.372 e. The van der Waals surface area contributed by atoms with Crippen LogP contribution in [0, 0.1) is 5.92 Å². The second-order valence-corrected chi connectivity index (χ2v) is 4.76. The third kappa shape index (κ3) is 5.85. The minimum atomic E-state index is 0.176. The first-order valence-electron chi connectivity index (χ1n) is 6.61. The lowest BCUT2D eigenvalue weighted by molar-refractivity contribution is 0.0461. The zero-order valence-corrected chi connectivity index (χ0v) is 11.3. The second kappa shape index (κ2) is 8.26. The predicted molar refractivity (Wildman–Crippen MR) is 73.1 cm³/mol. The molecule has 2 nitrogen and oxygen atoms in total. The highest BCUT2D eigenvalue weighted by Gasteiger charge is 2.10. The van der Waals surface area contributed by atoms with Crippen molar-refractivity contribution < 1.29 is 4.74 Å². The fraction of sp³-hybridized carbons (Fsp3) is 0.600. The number of hydrogen-bond acceptors (Lipinski definition) is 2. The van der Waals surface area contributed by atoms with Gasteiger partial charge < -0.3 is 10.1 Å². The second-order valence-electron chi connectivity index (χ2n) is 4.76. The van der Waals surface area contributed by atoms with E-state index >= 15 is 0 Å². The molecule has 1 rings (SSSR count). The highest BCUT2D eigenvalue weighted by atomic mass is 16.5. The van der Waals surface area contributed by atoms with Crippen molar-refractivity contribution in [3.05, 3.63) is 35.9 Å². The third-order valence-electron chi connectivity index (χ3n) is 2.77. The number of ether oxygens (including phenoxy) is 1. The summed E-state index contributed by atoms with van der Waals surface area (Å²) >= 11 is 0. The normalized spacial score (nSPS) is 12.9. The largest absolute Gasteiger partial charge is 0.372 e. The molecule has 0 saturated carbocycles. The predicted octanol–water partition coefficient (Wildman–Crippen LogP) is 3.40. The van der Waals surface area contributed by atoms with Crippen LogP contribution in [0.1, 0.15) is 38.9 Å². The molecule has 1 N–H and O–H groups in total. The van der Waals surface area contributed by atoms with Crippen LogP contribution in [0.2, 0.25) is 0 Å². The Bertz CT molecular complexity index is 284. The highest BCUT2D eigenvalue weighted by molar-refractivity contribution is 5.17. The van der Waals surface area contributed by atoms with E-state index in [0.717, 1.165) is 26.1 Å². The number of likely N-dealkylation sites (N-methyl/N-ethyl adjacent to an activating group) is 1. The van der Waals surface area contributed by atoms with E-state index in [-0.39, 0.29) is 6.10 Å². The van der Waals surface area contributed by atoms with Gasteiger partial charge in [0.15, 0.2) is 0 Å². The van der Waals surface area contributed by atoms with E-state index < -0.39 is 0 Å². The lowest BCUT2D eigenvalue weighted by atomic mass is 10.1. The molecule has 0 aliphatic rings. The van der Waals surface area contributed by atoms with E-state index in [0.29, 0.717) is 5.92 Å². The topological polar surface area (TPSA) is 21.3 Å². The van der Waals surface area contributed by atoms with E-state index in [4.69, 9.17) is 4.74 Å². The molecule has 17 heavy (non-hydrogen) atoms. The molecule has 96 valence electrons. The Labute approximate surface area is 105 Å². The van der Waals surface area contributed by atoms with E-state index in [2.05, 4.69) is 50.4 Å². The average Bonchev–Trinajstić information content (AvgIpc) is 2.34. The molecule has 2 heteroatoms. The maximum atomic E-state index is 5.98. The molecule has 0 saturated heterocycles. The molecule has 0 heterocycles. The van der Waals surface area contributed by atoms with Crippen molar-refractivity contribution in [2.24, 2.45) is 5.92 Å². The van der Waals surface area contributed by atoms with Crippen molar-refractivity contribution >= 4 is 0 Å². The van der Waals surface area contributed by atoms with Crippen molar-refractivity contribution in [3.8, 4) is 0 Å². The van der Waals surface area contributed by atoms with Gasteiger partial charge in [-0.3, -0.25) is 0 Å². The van der Waals surface area contributed by atoms with Crippen LogP contribution in [0.15, 0.2) is 30.3 Å². The zero-order valence-electron chi connectivity index (χ0n) is 11.3. The minimum absolute atomic E-state index is 0.176. The summed E-state index contributed by atoms with van der Waals surface area (Å²) < 4.78 is 5.98. The summed E-state index contributed by atoms with van der Waals surface area (Å²) in [4.78, 5) is 0. The van der Waals surface area contributed by atoms with E-state index in [1.54, 1.807) is 0 Å². The van der Waals surface area contributed by atoms with Crippen molar-refractivity contribution in [2.45, 2.75) is 33.3 Å². The Kier molecular flexibility index (Phi) is 6.90. The highest BCUT2D eigenvalue weighted by Crippen LogP contribution is 2.17. The van der Waals surface area contributed by atoms with Crippen molar-refractivity contribution in [1.82, 2.24) is 5.32 Å². The molecule has 1 atom stereocenters. The fourth-order valence-corrected chi connectivity index (χ4v) is 1.66. The van der Waals surface area contributed by atoms with Crippen LogP contribution in [0.3, 0.4) is 0 Å². The van der Waals surface area contributed by atoms with Gasteiger partial charge in [-0.25, -0.2) is 0 Å². The SMILES string of the molecule is CCNCC(OCCC(C)C)c1ccccc1. The first-order valence-corrected chi connectivity index (χ1v) is 6.61. The molecule has 0 aromatic heterocycles. The summed E-state index contributed by atoms with van der Waals surface area (Å²) in [5.74, 6) is 0.700. The van der Waals surface area contributed by atoms with Crippen LogP contribution in [0.5, 0.6) is 0 Å². The molecule has 1 unspecified atom stereocenters. The first kappa shape index (κ1) is 14.2. The summed E-state index contributed by atoms with van der Waals surface area (Å²) in [6.45, 7) is 9.28. The molecule has 0 fully saturated rings. The van der Waals surface area contributed by atoms with Crippen LogP contribution in [0.4, 0.5) is 0 Å². The number of nitrogens with one attached hydrogen (secondary N) is 1. The molecule has 1 aromatic carbocycles. The maximum Gasteiger partial charge on any atom is 0.0949 e. The van der Waals surface area contributed by atoms with Crippen LogP contribution < -0.4 is 5.32 Å². The Morgan fingerprint density at radius 2 is 1.88 bits per heavy atom.